The fraction of sp³-hybridized carbons (Fsp3) is 0.143. The first-order chi connectivity index (χ1) is 10.6. The third kappa shape index (κ3) is 4.08. The lowest BCUT2D eigenvalue weighted by Gasteiger charge is -2.11. The first-order valence-corrected chi connectivity index (χ1v) is 8.03. The van der Waals surface area contributed by atoms with Crippen molar-refractivity contribution in [2.24, 2.45) is 0 Å². The van der Waals surface area contributed by atoms with Crippen LogP contribution in [-0.2, 0) is 16.2 Å². The van der Waals surface area contributed by atoms with Crippen molar-refractivity contribution in [3.05, 3.63) is 53.1 Å². The zero-order chi connectivity index (χ0) is 17.3. The van der Waals surface area contributed by atoms with Gasteiger partial charge in [-0.15, -0.1) is 0 Å². The third-order valence-corrected chi connectivity index (χ3v) is 4.59. The molecule has 0 saturated carbocycles. The summed E-state index contributed by atoms with van der Waals surface area (Å²) in [5, 5.41) is 0.195. The maximum Gasteiger partial charge on any atom is 0.416 e. The van der Waals surface area contributed by atoms with Gasteiger partial charge >= 0.3 is 6.18 Å². The van der Waals surface area contributed by atoms with Crippen LogP contribution in [0.25, 0.3) is 0 Å². The molecule has 0 amide bonds. The standard InChI is InChI=1S/C14H11ClF3NO3S/c1-22-13-7-4-10(8-12(13)15)19-23(20,21)11-5-2-9(3-6-11)14(16,17)18/h2-8,19H,1H3. The van der Waals surface area contributed by atoms with E-state index in [4.69, 9.17) is 16.3 Å². The second-order valence-electron chi connectivity index (χ2n) is 4.48. The smallest absolute Gasteiger partial charge is 0.416 e. The lowest BCUT2D eigenvalue weighted by Crippen LogP contribution is -2.13. The summed E-state index contributed by atoms with van der Waals surface area (Å²) >= 11 is 5.89. The molecule has 0 aliphatic rings. The first kappa shape index (κ1) is 17.4. The number of benzene rings is 2. The quantitative estimate of drug-likeness (QED) is 0.884. The molecule has 9 heteroatoms. The van der Waals surface area contributed by atoms with E-state index >= 15 is 0 Å². The van der Waals surface area contributed by atoms with E-state index in [0.29, 0.717) is 17.9 Å². The van der Waals surface area contributed by atoms with Crippen LogP contribution in [0.1, 0.15) is 5.56 Å². The molecule has 1 N–H and O–H groups in total. The Bertz CT molecular complexity index is 805. The predicted molar refractivity (Wildman–Crippen MR) is 80.3 cm³/mol. The Morgan fingerprint density at radius 1 is 1.09 bits per heavy atom. The largest absolute Gasteiger partial charge is 0.495 e. The van der Waals surface area contributed by atoms with Gasteiger partial charge in [-0.2, -0.15) is 13.2 Å². The van der Waals surface area contributed by atoms with Crippen molar-refractivity contribution < 1.29 is 26.3 Å². The number of halogens is 4. The molecule has 23 heavy (non-hydrogen) atoms. The summed E-state index contributed by atoms with van der Waals surface area (Å²) in [5.41, 5.74) is -0.764. The fourth-order valence-corrected chi connectivity index (χ4v) is 3.07. The summed E-state index contributed by atoms with van der Waals surface area (Å²) < 4.78 is 69.0. The molecule has 0 atom stereocenters. The normalized spacial score (nSPS) is 12.0. The number of rotatable bonds is 4. The van der Waals surface area contributed by atoms with Crippen molar-refractivity contribution in [3.63, 3.8) is 0 Å². The lowest BCUT2D eigenvalue weighted by atomic mass is 10.2. The minimum atomic E-state index is -4.53. The van der Waals surface area contributed by atoms with Crippen LogP contribution in [0, 0.1) is 0 Å². The van der Waals surface area contributed by atoms with Crippen molar-refractivity contribution in [1.29, 1.82) is 0 Å². The van der Waals surface area contributed by atoms with E-state index in [2.05, 4.69) is 4.72 Å². The maximum absolute atomic E-state index is 12.5. The molecule has 2 aromatic carbocycles. The van der Waals surface area contributed by atoms with Crippen LogP contribution in [0.2, 0.25) is 5.02 Å². The second-order valence-corrected chi connectivity index (χ2v) is 6.57. The van der Waals surface area contributed by atoms with Gasteiger partial charge in [0.25, 0.3) is 10.0 Å². The first-order valence-electron chi connectivity index (χ1n) is 6.17. The molecule has 2 rings (SSSR count). The van der Waals surface area contributed by atoms with E-state index < -0.39 is 21.8 Å². The third-order valence-electron chi connectivity index (χ3n) is 2.90. The molecule has 0 fully saturated rings. The van der Waals surface area contributed by atoms with Gasteiger partial charge in [-0.3, -0.25) is 4.72 Å². The Hall–Kier alpha value is -1.93. The van der Waals surface area contributed by atoms with Crippen LogP contribution < -0.4 is 9.46 Å². The van der Waals surface area contributed by atoms with Crippen LogP contribution >= 0.6 is 11.6 Å². The molecule has 2 aromatic rings. The van der Waals surface area contributed by atoms with Gasteiger partial charge in [0.15, 0.2) is 0 Å². The summed E-state index contributed by atoms with van der Waals surface area (Å²) in [7, 11) is -2.62. The minimum Gasteiger partial charge on any atom is -0.495 e. The van der Waals surface area contributed by atoms with Crippen LogP contribution in [-0.4, -0.2) is 15.5 Å². The number of methoxy groups -OCH3 is 1. The number of ether oxygens (including phenoxy) is 1. The summed E-state index contributed by atoms with van der Waals surface area (Å²) in [6, 6.07) is 7.40. The van der Waals surface area contributed by atoms with Crippen molar-refractivity contribution in [1.82, 2.24) is 0 Å². The second kappa shape index (κ2) is 6.29. The monoisotopic (exact) mass is 365 g/mol. The van der Waals surface area contributed by atoms with Crippen LogP contribution in [0.15, 0.2) is 47.4 Å². The Balaban J connectivity index is 2.27. The maximum atomic E-state index is 12.5. The lowest BCUT2D eigenvalue weighted by molar-refractivity contribution is -0.137. The minimum absolute atomic E-state index is 0.163. The van der Waals surface area contributed by atoms with Gasteiger partial charge in [-0.05, 0) is 42.5 Å². The Morgan fingerprint density at radius 2 is 1.70 bits per heavy atom. The molecule has 0 heterocycles. The average Bonchev–Trinajstić information content (AvgIpc) is 2.46. The highest BCUT2D eigenvalue weighted by atomic mass is 35.5. The van der Waals surface area contributed by atoms with Gasteiger partial charge in [0, 0.05) is 0 Å². The summed E-state index contributed by atoms with van der Waals surface area (Å²) in [5.74, 6) is 0.365. The summed E-state index contributed by atoms with van der Waals surface area (Å²) in [4.78, 5) is -0.294. The Labute approximate surface area is 135 Å². The average molecular weight is 366 g/mol. The molecule has 0 unspecified atom stereocenters. The SMILES string of the molecule is COc1ccc(NS(=O)(=O)c2ccc(C(F)(F)F)cc2)cc1Cl. The number of alkyl halides is 3. The Morgan fingerprint density at radius 3 is 2.17 bits per heavy atom. The van der Waals surface area contributed by atoms with Gasteiger partial charge in [0.05, 0.1) is 28.3 Å². The van der Waals surface area contributed by atoms with E-state index in [1.807, 2.05) is 0 Å². The van der Waals surface area contributed by atoms with Crippen molar-refractivity contribution in [2.45, 2.75) is 11.1 Å². The summed E-state index contributed by atoms with van der Waals surface area (Å²) in [6.45, 7) is 0. The number of hydrogen-bond acceptors (Lipinski definition) is 3. The molecule has 0 radical (unpaired) electrons. The zero-order valence-corrected chi connectivity index (χ0v) is 13.3. The molecular formula is C14H11ClF3NO3S. The van der Waals surface area contributed by atoms with E-state index in [0.717, 1.165) is 12.1 Å². The molecule has 0 bridgehead atoms. The number of hydrogen-bond donors (Lipinski definition) is 1. The van der Waals surface area contributed by atoms with Gasteiger partial charge in [-0.25, -0.2) is 8.42 Å². The molecule has 0 aliphatic carbocycles. The fourth-order valence-electron chi connectivity index (χ4n) is 1.77. The molecule has 0 spiro atoms. The van der Waals surface area contributed by atoms with E-state index in [-0.39, 0.29) is 15.6 Å². The van der Waals surface area contributed by atoms with Gasteiger partial charge in [-0.1, -0.05) is 11.6 Å². The van der Waals surface area contributed by atoms with Crippen molar-refractivity contribution in [3.8, 4) is 5.75 Å². The van der Waals surface area contributed by atoms with E-state index in [9.17, 15) is 21.6 Å². The van der Waals surface area contributed by atoms with Crippen molar-refractivity contribution in [2.75, 3.05) is 11.8 Å². The van der Waals surface area contributed by atoms with Gasteiger partial charge in [0.2, 0.25) is 0 Å². The molecule has 0 aliphatic heterocycles. The zero-order valence-electron chi connectivity index (χ0n) is 11.7. The topological polar surface area (TPSA) is 55.4 Å². The highest BCUT2D eigenvalue weighted by molar-refractivity contribution is 7.92. The molecule has 124 valence electrons. The van der Waals surface area contributed by atoms with Gasteiger partial charge < -0.3 is 4.74 Å². The number of anilines is 1. The van der Waals surface area contributed by atoms with Crippen LogP contribution in [0.4, 0.5) is 18.9 Å². The Kier molecular flexibility index (Phi) is 4.76. The predicted octanol–water partition coefficient (Wildman–Crippen LogP) is 4.17. The van der Waals surface area contributed by atoms with Crippen LogP contribution in [0.5, 0.6) is 5.75 Å². The van der Waals surface area contributed by atoms with Crippen molar-refractivity contribution >= 4 is 27.3 Å². The van der Waals surface area contributed by atoms with E-state index in [1.54, 1.807) is 0 Å². The summed E-state index contributed by atoms with van der Waals surface area (Å²) in [6.07, 6.45) is -4.53. The highest BCUT2D eigenvalue weighted by Gasteiger charge is 2.30. The molecule has 0 aromatic heterocycles. The van der Waals surface area contributed by atoms with E-state index in [1.165, 1.54) is 25.3 Å². The number of sulfonamides is 1. The molecule has 4 nitrogen and oxygen atoms in total. The number of nitrogens with one attached hydrogen (secondary N) is 1. The van der Waals surface area contributed by atoms with Gasteiger partial charge in [0.1, 0.15) is 5.75 Å². The highest BCUT2D eigenvalue weighted by Crippen LogP contribution is 2.31. The molecular weight excluding hydrogens is 355 g/mol. The van der Waals surface area contributed by atoms with Crippen LogP contribution in [0.3, 0.4) is 0 Å². The molecule has 0 saturated heterocycles.